The molecule has 1 aromatic heterocycles. The maximum Gasteiger partial charge on any atom is 0.227 e. The molecule has 0 aliphatic carbocycles. The summed E-state index contributed by atoms with van der Waals surface area (Å²) in [4.78, 5) is 23.9. The predicted molar refractivity (Wildman–Crippen MR) is 111 cm³/mol. The molecule has 0 spiro atoms. The first-order valence-corrected chi connectivity index (χ1v) is 10.0. The maximum atomic E-state index is 13.4. The van der Waals surface area contributed by atoms with E-state index in [-0.39, 0.29) is 24.1 Å². The number of hydrogen-bond acceptors (Lipinski definition) is 3. The zero-order valence-electron chi connectivity index (χ0n) is 16.5. The number of halogens is 1. The van der Waals surface area contributed by atoms with Crippen LogP contribution in [-0.4, -0.2) is 33.9 Å². The second-order valence-corrected chi connectivity index (χ2v) is 7.66. The van der Waals surface area contributed by atoms with Gasteiger partial charge in [-0.2, -0.15) is 0 Å². The van der Waals surface area contributed by atoms with E-state index in [9.17, 15) is 9.18 Å². The van der Waals surface area contributed by atoms with Crippen LogP contribution in [-0.2, 0) is 11.2 Å². The molecular weight excluding hydrogens is 365 g/mol. The molecule has 0 N–H and O–H groups in total. The molecule has 1 aliphatic rings. The first-order valence-electron chi connectivity index (χ1n) is 10.0. The van der Waals surface area contributed by atoms with Crippen LogP contribution in [0.15, 0.2) is 60.8 Å². The largest absolute Gasteiger partial charge is 0.342 e. The van der Waals surface area contributed by atoms with Crippen LogP contribution in [0.5, 0.6) is 0 Å². The molecule has 5 heteroatoms. The summed E-state index contributed by atoms with van der Waals surface area (Å²) in [5.41, 5.74) is 3.85. The number of aryl methyl sites for hydroxylation is 1. The molecule has 148 valence electrons. The quantitative estimate of drug-likeness (QED) is 0.658. The molecule has 1 fully saturated rings. The summed E-state index contributed by atoms with van der Waals surface area (Å²) in [6.45, 7) is 3.43. The van der Waals surface area contributed by atoms with Gasteiger partial charge in [0.1, 0.15) is 5.82 Å². The highest BCUT2D eigenvalue weighted by Gasteiger charge is 2.26. The zero-order valence-corrected chi connectivity index (χ0v) is 16.5. The van der Waals surface area contributed by atoms with Gasteiger partial charge in [-0.3, -0.25) is 4.79 Å². The Kier molecular flexibility index (Phi) is 5.65. The van der Waals surface area contributed by atoms with Gasteiger partial charge in [-0.05, 0) is 49.6 Å². The van der Waals surface area contributed by atoms with Crippen LogP contribution in [0.4, 0.5) is 4.39 Å². The fourth-order valence-electron chi connectivity index (χ4n) is 3.90. The molecule has 29 heavy (non-hydrogen) atoms. The highest BCUT2D eigenvalue weighted by molar-refractivity contribution is 5.79. The molecule has 4 nitrogen and oxygen atoms in total. The average molecular weight is 389 g/mol. The third-order valence-electron chi connectivity index (χ3n) is 5.39. The lowest BCUT2D eigenvalue weighted by Gasteiger charge is -2.32. The normalized spacial score (nSPS) is 16.6. The van der Waals surface area contributed by atoms with Crippen molar-refractivity contribution in [1.29, 1.82) is 0 Å². The highest BCUT2D eigenvalue weighted by Crippen LogP contribution is 2.27. The number of likely N-dealkylation sites (tertiary alicyclic amines) is 1. The Morgan fingerprint density at radius 1 is 1.17 bits per heavy atom. The average Bonchev–Trinajstić information content (AvgIpc) is 2.74. The Morgan fingerprint density at radius 2 is 2.03 bits per heavy atom. The van der Waals surface area contributed by atoms with Gasteiger partial charge >= 0.3 is 0 Å². The topological polar surface area (TPSA) is 46.1 Å². The minimum absolute atomic E-state index is 0.0354. The zero-order chi connectivity index (χ0) is 20.2. The van der Waals surface area contributed by atoms with Gasteiger partial charge in [-0.15, -0.1) is 0 Å². The number of carbonyl (C=O) groups excluding carboxylic acids is 1. The Labute approximate surface area is 170 Å². The van der Waals surface area contributed by atoms with Crippen LogP contribution in [0.25, 0.3) is 11.4 Å². The molecule has 1 unspecified atom stereocenters. The van der Waals surface area contributed by atoms with Crippen molar-refractivity contribution >= 4 is 5.91 Å². The third kappa shape index (κ3) is 4.67. The Morgan fingerprint density at radius 3 is 2.86 bits per heavy atom. The number of aromatic nitrogens is 2. The van der Waals surface area contributed by atoms with E-state index >= 15 is 0 Å². The maximum absolute atomic E-state index is 13.4. The summed E-state index contributed by atoms with van der Waals surface area (Å²) in [5, 5.41) is 0. The molecule has 4 rings (SSSR count). The SMILES string of the molecule is Cc1cccc(-c2nccc(C3CCCN(C(=O)Cc4cccc(F)c4)C3)n2)c1. The minimum Gasteiger partial charge on any atom is -0.342 e. The summed E-state index contributed by atoms with van der Waals surface area (Å²) in [6.07, 6.45) is 3.95. The van der Waals surface area contributed by atoms with E-state index in [2.05, 4.69) is 24.0 Å². The first-order chi connectivity index (χ1) is 14.1. The van der Waals surface area contributed by atoms with Gasteiger partial charge in [-0.1, -0.05) is 35.9 Å². The summed E-state index contributed by atoms with van der Waals surface area (Å²) >= 11 is 0. The Bertz CT molecular complexity index is 1020. The number of hydrogen-bond donors (Lipinski definition) is 0. The standard InChI is InChI=1S/C24H24FN3O/c1-17-5-2-7-19(13-17)24-26-11-10-22(27-24)20-8-4-12-28(16-20)23(29)15-18-6-3-9-21(25)14-18/h2-3,5-7,9-11,13-14,20H,4,8,12,15-16H2,1H3. The second kappa shape index (κ2) is 8.52. The summed E-state index contributed by atoms with van der Waals surface area (Å²) in [6, 6.07) is 16.4. The van der Waals surface area contributed by atoms with Crippen LogP contribution >= 0.6 is 0 Å². The van der Waals surface area contributed by atoms with E-state index in [0.717, 1.165) is 36.5 Å². The Balaban J connectivity index is 1.48. The van der Waals surface area contributed by atoms with Gasteiger partial charge in [-0.25, -0.2) is 14.4 Å². The van der Waals surface area contributed by atoms with Crippen LogP contribution in [0.3, 0.4) is 0 Å². The lowest BCUT2D eigenvalue weighted by atomic mass is 9.94. The number of nitrogens with zero attached hydrogens (tertiary/aromatic N) is 3. The lowest BCUT2D eigenvalue weighted by molar-refractivity contribution is -0.131. The van der Waals surface area contributed by atoms with E-state index in [4.69, 9.17) is 4.98 Å². The molecule has 1 saturated heterocycles. The second-order valence-electron chi connectivity index (χ2n) is 7.66. The Hall–Kier alpha value is -3.08. The molecule has 2 aromatic carbocycles. The monoisotopic (exact) mass is 389 g/mol. The van der Waals surface area contributed by atoms with Crippen LogP contribution < -0.4 is 0 Å². The van der Waals surface area contributed by atoms with E-state index in [1.807, 2.05) is 23.1 Å². The van der Waals surface area contributed by atoms with Crippen molar-refractivity contribution in [2.75, 3.05) is 13.1 Å². The lowest BCUT2D eigenvalue weighted by Crippen LogP contribution is -2.40. The van der Waals surface area contributed by atoms with Crippen molar-refractivity contribution in [1.82, 2.24) is 14.9 Å². The molecule has 1 atom stereocenters. The molecule has 1 amide bonds. The van der Waals surface area contributed by atoms with Crippen LogP contribution in [0, 0.1) is 12.7 Å². The number of benzene rings is 2. The minimum atomic E-state index is -0.309. The van der Waals surface area contributed by atoms with Crippen molar-refractivity contribution in [3.8, 4) is 11.4 Å². The van der Waals surface area contributed by atoms with Crippen molar-refractivity contribution in [3.63, 3.8) is 0 Å². The van der Waals surface area contributed by atoms with Gasteiger partial charge in [0.15, 0.2) is 5.82 Å². The smallest absolute Gasteiger partial charge is 0.227 e. The van der Waals surface area contributed by atoms with Crippen LogP contribution in [0.2, 0.25) is 0 Å². The summed E-state index contributed by atoms with van der Waals surface area (Å²) < 4.78 is 13.4. The van der Waals surface area contributed by atoms with E-state index in [0.29, 0.717) is 12.1 Å². The van der Waals surface area contributed by atoms with Crippen molar-refractivity contribution in [2.45, 2.75) is 32.1 Å². The van der Waals surface area contributed by atoms with Crippen LogP contribution in [0.1, 0.15) is 35.6 Å². The van der Waals surface area contributed by atoms with E-state index in [1.54, 1.807) is 18.3 Å². The van der Waals surface area contributed by atoms with E-state index < -0.39 is 0 Å². The fraction of sp³-hybridized carbons (Fsp3) is 0.292. The molecule has 1 aliphatic heterocycles. The molecule has 2 heterocycles. The molecule has 0 saturated carbocycles. The molecule has 3 aromatic rings. The van der Waals surface area contributed by atoms with Gasteiger partial charge in [0.25, 0.3) is 0 Å². The third-order valence-corrected chi connectivity index (χ3v) is 5.39. The van der Waals surface area contributed by atoms with Crippen molar-refractivity contribution in [2.24, 2.45) is 0 Å². The number of piperidine rings is 1. The molecule has 0 radical (unpaired) electrons. The summed E-state index contributed by atoms with van der Waals surface area (Å²) in [7, 11) is 0. The fourth-order valence-corrected chi connectivity index (χ4v) is 3.90. The number of amides is 1. The molecule has 0 bridgehead atoms. The highest BCUT2D eigenvalue weighted by atomic mass is 19.1. The van der Waals surface area contributed by atoms with Crippen molar-refractivity contribution in [3.05, 3.63) is 83.4 Å². The van der Waals surface area contributed by atoms with Gasteiger partial charge in [0.05, 0.1) is 6.42 Å². The summed E-state index contributed by atoms with van der Waals surface area (Å²) in [5.74, 6) is 0.630. The number of rotatable bonds is 4. The first kappa shape index (κ1) is 19.2. The van der Waals surface area contributed by atoms with Gasteiger partial charge < -0.3 is 4.90 Å². The molecular formula is C24H24FN3O. The van der Waals surface area contributed by atoms with Gasteiger partial charge in [0, 0.05) is 36.5 Å². The predicted octanol–water partition coefficient (Wildman–Crippen LogP) is 4.54. The van der Waals surface area contributed by atoms with Gasteiger partial charge in [0.2, 0.25) is 5.91 Å². The van der Waals surface area contributed by atoms with Crippen molar-refractivity contribution < 1.29 is 9.18 Å². The van der Waals surface area contributed by atoms with E-state index in [1.165, 1.54) is 17.7 Å². The number of carbonyl (C=O) groups is 1.